The Morgan fingerprint density at radius 1 is 1.30 bits per heavy atom. The van der Waals surface area contributed by atoms with Crippen LogP contribution in [-0.4, -0.2) is 51.7 Å². The molecule has 3 heterocycles. The molecule has 1 aromatic carbocycles. The smallest absolute Gasteiger partial charge is 0.358 e. The van der Waals surface area contributed by atoms with Crippen LogP contribution in [0.25, 0.3) is 16.6 Å². The lowest BCUT2D eigenvalue weighted by Gasteiger charge is -2.29. The maximum Gasteiger partial charge on any atom is 0.358 e. The van der Waals surface area contributed by atoms with Crippen molar-refractivity contribution in [3.8, 4) is 0 Å². The molecule has 0 bridgehead atoms. The van der Waals surface area contributed by atoms with Gasteiger partial charge in [0.15, 0.2) is 11.3 Å². The Morgan fingerprint density at radius 3 is 2.83 bits per heavy atom. The topological polar surface area (TPSA) is 80.0 Å². The molecule has 23 heavy (non-hydrogen) atoms. The van der Waals surface area contributed by atoms with E-state index in [1.807, 2.05) is 4.90 Å². The van der Waals surface area contributed by atoms with Gasteiger partial charge in [-0.3, -0.25) is 4.40 Å². The number of halogens is 1. The Kier molecular flexibility index (Phi) is 3.12. The summed E-state index contributed by atoms with van der Waals surface area (Å²) in [6.07, 6.45) is 1.36. The summed E-state index contributed by atoms with van der Waals surface area (Å²) in [4.78, 5) is 21.6. The Balaban J connectivity index is 2.08. The average molecular weight is 316 g/mol. The van der Waals surface area contributed by atoms with Crippen LogP contribution in [0.3, 0.4) is 0 Å². The molecule has 4 rings (SSSR count). The number of imidazole rings is 1. The summed E-state index contributed by atoms with van der Waals surface area (Å²) in [7, 11) is 0. The number of aromatic carboxylic acids is 1. The highest BCUT2D eigenvalue weighted by Gasteiger charge is 2.23. The van der Waals surface area contributed by atoms with E-state index < -0.39 is 11.8 Å². The first-order valence-corrected chi connectivity index (χ1v) is 7.18. The number of carbonyl (C=O) groups is 1. The van der Waals surface area contributed by atoms with E-state index in [-0.39, 0.29) is 11.3 Å². The van der Waals surface area contributed by atoms with E-state index in [9.17, 15) is 14.3 Å². The van der Waals surface area contributed by atoms with E-state index in [4.69, 9.17) is 4.74 Å². The molecule has 0 aliphatic carbocycles. The second kappa shape index (κ2) is 5.17. The number of carboxylic acids is 1. The first-order chi connectivity index (χ1) is 11.2. The van der Waals surface area contributed by atoms with Crippen LogP contribution in [0.1, 0.15) is 10.5 Å². The quantitative estimate of drug-likeness (QED) is 0.773. The van der Waals surface area contributed by atoms with Gasteiger partial charge in [-0.1, -0.05) is 6.07 Å². The number of nitrogens with zero attached hydrogens (tertiary/aromatic N) is 4. The van der Waals surface area contributed by atoms with Crippen molar-refractivity contribution < 1.29 is 19.0 Å². The van der Waals surface area contributed by atoms with E-state index in [0.29, 0.717) is 43.0 Å². The average Bonchev–Trinajstić information content (AvgIpc) is 2.99. The second-order valence-corrected chi connectivity index (χ2v) is 5.26. The number of fused-ring (bicyclic) bond motifs is 3. The van der Waals surface area contributed by atoms with Gasteiger partial charge in [-0.05, 0) is 12.1 Å². The van der Waals surface area contributed by atoms with Gasteiger partial charge in [0, 0.05) is 13.1 Å². The lowest BCUT2D eigenvalue weighted by Crippen LogP contribution is -2.37. The normalized spacial score (nSPS) is 15.4. The van der Waals surface area contributed by atoms with Crippen molar-refractivity contribution in [2.75, 3.05) is 31.2 Å². The molecule has 1 saturated heterocycles. The standard InChI is InChI=1S/C15H13FN4O3/c16-9-2-1-3-10-11(9)13(19-4-6-23-7-5-19)18-14-12(15(21)22)17-8-20(10)14/h1-3,8H,4-7H2,(H,21,22). The summed E-state index contributed by atoms with van der Waals surface area (Å²) < 4.78 is 21.3. The fraction of sp³-hybridized carbons (Fsp3) is 0.267. The van der Waals surface area contributed by atoms with Crippen molar-refractivity contribution in [1.29, 1.82) is 0 Å². The van der Waals surface area contributed by atoms with Crippen LogP contribution in [0.15, 0.2) is 24.5 Å². The molecule has 7 nitrogen and oxygen atoms in total. The molecule has 118 valence electrons. The highest BCUT2D eigenvalue weighted by atomic mass is 19.1. The van der Waals surface area contributed by atoms with Gasteiger partial charge >= 0.3 is 5.97 Å². The molecule has 1 aliphatic rings. The number of benzene rings is 1. The number of anilines is 1. The molecular formula is C15H13FN4O3. The Hall–Kier alpha value is -2.74. The van der Waals surface area contributed by atoms with Crippen molar-refractivity contribution in [3.63, 3.8) is 0 Å². The van der Waals surface area contributed by atoms with E-state index in [1.165, 1.54) is 16.8 Å². The molecular weight excluding hydrogens is 303 g/mol. The summed E-state index contributed by atoms with van der Waals surface area (Å²) in [6, 6.07) is 4.68. The zero-order chi connectivity index (χ0) is 16.0. The molecule has 0 radical (unpaired) electrons. The van der Waals surface area contributed by atoms with Crippen molar-refractivity contribution >= 4 is 28.3 Å². The molecule has 0 spiro atoms. The zero-order valence-electron chi connectivity index (χ0n) is 12.1. The minimum Gasteiger partial charge on any atom is -0.476 e. The Bertz CT molecular complexity index is 918. The fourth-order valence-electron chi connectivity index (χ4n) is 2.87. The van der Waals surface area contributed by atoms with Gasteiger partial charge in [-0.15, -0.1) is 0 Å². The third kappa shape index (κ3) is 2.10. The third-order valence-electron chi connectivity index (χ3n) is 3.94. The summed E-state index contributed by atoms with van der Waals surface area (Å²) in [5.41, 5.74) is 0.597. The summed E-state index contributed by atoms with van der Waals surface area (Å²) in [5.74, 6) is -1.13. The number of morpholine rings is 1. The fourth-order valence-corrected chi connectivity index (χ4v) is 2.87. The van der Waals surface area contributed by atoms with Crippen LogP contribution in [0.5, 0.6) is 0 Å². The van der Waals surface area contributed by atoms with Crippen LogP contribution in [0.2, 0.25) is 0 Å². The lowest BCUT2D eigenvalue weighted by atomic mass is 10.2. The van der Waals surface area contributed by atoms with Gasteiger partial charge in [-0.2, -0.15) is 0 Å². The van der Waals surface area contributed by atoms with E-state index in [2.05, 4.69) is 9.97 Å². The number of hydrogen-bond acceptors (Lipinski definition) is 5. The number of ether oxygens (including phenoxy) is 1. The molecule has 0 atom stereocenters. The molecule has 0 unspecified atom stereocenters. The highest BCUT2D eigenvalue weighted by Crippen LogP contribution is 2.30. The van der Waals surface area contributed by atoms with Crippen LogP contribution >= 0.6 is 0 Å². The predicted molar refractivity (Wildman–Crippen MR) is 80.4 cm³/mol. The van der Waals surface area contributed by atoms with Gasteiger partial charge in [0.05, 0.1) is 24.1 Å². The molecule has 0 amide bonds. The molecule has 3 aromatic rings. The molecule has 1 N–H and O–H groups in total. The van der Waals surface area contributed by atoms with Gasteiger partial charge in [-0.25, -0.2) is 19.2 Å². The highest BCUT2D eigenvalue weighted by molar-refractivity contribution is 5.98. The molecule has 1 fully saturated rings. The number of hydrogen-bond donors (Lipinski definition) is 1. The summed E-state index contributed by atoms with van der Waals surface area (Å²) in [6.45, 7) is 2.19. The second-order valence-electron chi connectivity index (χ2n) is 5.26. The SMILES string of the molecule is O=C(O)c1ncn2c1nc(N1CCOCC1)c1c(F)cccc12. The van der Waals surface area contributed by atoms with E-state index in [1.54, 1.807) is 12.1 Å². The largest absolute Gasteiger partial charge is 0.476 e. The Morgan fingerprint density at radius 2 is 2.09 bits per heavy atom. The molecule has 8 heteroatoms. The minimum absolute atomic E-state index is 0.148. The van der Waals surface area contributed by atoms with E-state index in [0.717, 1.165) is 0 Å². The van der Waals surface area contributed by atoms with Gasteiger partial charge in [0.2, 0.25) is 0 Å². The number of aromatic nitrogens is 3. The van der Waals surface area contributed by atoms with Gasteiger partial charge in [0.25, 0.3) is 0 Å². The Labute approximate surface area is 129 Å². The van der Waals surface area contributed by atoms with Crippen molar-refractivity contribution in [3.05, 3.63) is 36.0 Å². The van der Waals surface area contributed by atoms with Gasteiger partial charge < -0.3 is 14.7 Å². The number of rotatable bonds is 2. The first-order valence-electron chi connectivity index (χ1n) is 7.18. The van der Waals surface area contributed by atoms with Crippen LogP contribution in [-0.2, 0) is 4.74 Å². The van der Waals surface area contributed by atoms with Crippen molar-refractivity contribution in [1.82, 2.24) is 14.4 Å². The minimum atomic E-state index is -1.16. The van der Waals surface area contributed by atoms with Crippen molar-refractivity contribution in [2.45, 2.75) is 0 Å². The summed E-state index contributed by atoms with van der Waals surface area (Å²) >= 11 is 0. The van der Waals surface area contributed by atoms with Crippen LogP contribution in [0, 0.1) is 5.82 Å². The van der Waals surface area contributed by atoms with Crippen LogP contribution < -0.4 is 4.90 Å². The first kappa shape index (κ1) is 13.9. The monoisotopic (exact) mass is 316 g/mol. The van der Waals surface area contributed by atoms with Gasteiger partial charge in [0.1, 0.15) is 18.0 Å². The number of carboxylic acid groups (broad SMARTS) is 1. The molecule has 0 saturated carbocycles. The van der Waals surface area contributed by atoms with E-state index >= 15 is 0 Å². The zero-order valence-corrected chi connectivity index (χ0v) is 12.1. The predicted octanol–water partition coefficient (Wildman–Crippen LogP) is 1.56. The maximum absolute atomic E-state index is 14.4. The molecule has 1 aliphatic heterocycles. The summed E-state index contributed by atoms with van der Waals surface area (Å²) in [5, 5.41) is 9.63. The lowest BCUT2D eigenvalue weighted by molar-refractivity contribution is 0.0693. The molecule has 2 aromatic heterocycles. The third-order valence-corrected chi connectivity index (χ3v) is 3.94. The maximum atomic E-state index is 14.4. The van der Waals surface area contributed by atoms with Crippen LogP contribution in [0.4, 0.5) is 10.2 Å². The van der Waals surface area contributed by atoms with Crippen molar-refractivity contribution in [2.24, 2.45) is 0 Å².